The van der Waals surface area contributed by atoms with Gasteiger partial charge in [0.05, 0.1) is 0 Å². The Morgan fingerprint density at radius 1 is 1.67 bits per heavy atom. The minimum atomic E-state index is -0.216. The van der Waals surface area contributed by atoms with Crippen molar-refractivity contribution in [2.45, 2.75) is 27.2 Å². The number of hydrogen-bond acceptors (Lipinski definition) is 1. The van der Waals surface area contributed by atoms with E-state index in [1.165, 1.54) is 0 Å². The minimum Gasteiger partial charge on any atom is -0.303 e. The van der Waals surface area contributed by atoms with Crippen molar-refractivity contribution >= 4 is 6.29 Å². The van der Waals surface area contributed by atoms with E-state index in [1.807, 2.05) is 20.8 Å². The molecule has 0 aromatic carbocycles. The van der Waals surface area contributed by atoms with Crippen LogP contribution >= 0.6 is 0 Å². The molecule has 0 atom stereocenters. The molecule has 0 aliphatic heterocycles. The lowest BCUT2D eigenvalue weighted by Crippen LogP contribution is -2.12. The van der Waals surface area contributed by atoms with Gasteiger partial charge < -0.3 is 4.79 Å². The standard InChI is InChI=1S/C8H14O/c1-7(2)5-8(3,4)6-9/h6H,1,5H2,2-4H3. The van der Waals surface area contributed by atoms with Crippen molar-refractivity contribution in [3.63, 3.8) is 0 Å². The molecule has 0 rings (SSSR count). The summed E-state index contributed by atoms with van der Waals surface area (Å²) in [6, 6.07) is 0. The number of carbonyl (C=O) groups is 1. The lowest BCUT2D eigenvalue weighted by atomic mass is 9.88. The Morgan fingerprint density at radius 2 is 2.11 bits per heavy atom. The monoisotopic (exact) mass is 126 g/mol. The maximum atomic E-state index is 10.3. The van der Waals surface area contributed by atoms with Crippen LogP contribution in [0.15, 0.2) is 12.2 Å². The minimum absolute atomic E-state index is 0.216. The van der Waals surface area contributed by atoms with Crippen LogP contribution in [0.4, 0.5) is 0 Å². The lowest BCUT2D eigenvalue weighted by molar-refractivity contribution is -0.114. The van der Waals surface area contributed by atoms with Gasteiger partial charge in [-0.1, -0.05) is 19.4 Å². The summed E-state index contributed by atoms with van der Waals surface area (Å²) in [5, 5.41) is 0. The van der Waals surface area contributed by atoms with Gasteiger partial charge in [0.15, 0.2) is 0 Å². The Kier molecular flexibility index (Phi) is 2.63. The summed E-state index contributed by atoms with van der Waals surface area (Å²) in [5.41, 5.74) is 0.846. The van der Waals surface area contributed by atoms with Gasteiger partial charge in [0, 0.05) is 5.41 Å². The Morgan fingerprint density at radius 3 is 2.22 bits per heavy atom. The van der Waals surface area contributed by atoms with E-state index in [0.29, 0.717) is 0 Å². The zero-order valence-corrected chi connectivity index (χ0v) is 6.40. The third-order valence-corrected chi connectivity index (χ3v) is 1.08. The van der Waals surface area contributed by atoms with E-state index in [-0.39, 0.29) is 5.41 Å². The topological polar surface area (TPSA) is 17.1 Å². The van der Waals surface area contributed by atoms with Crippen molar-refractivity contribution in [3.05, 3.63) is 12.2 Å². The first kappa shape index (κ1) is 8.41. The van der Waals surface area contributed by atoms with E-state index in [9.17, 15) is 4.79 Å². The predicted octanol–water partition coefficient (Wildman–Crippen LogP) is 2.18. The Bertz CT molecular complexity index is 123. The van der Waals surface area contributed by atoms with Crippen molar-refractivity contribution in [1.82, 2.24) is 0 Å². The quantitative estimate of drug-likeness (QED) is 0.418. The molecule has 0 bridgehead atoms. The van der Waals surface area contributed by atoms with E-state index in [2.05, 4.69) is 6.58 Å². The Hall–Kier alpha value is -0.590. The summed E-state index contributed by atoms with van der Waals surface area (Å²) in [6.45, 7) is 9.49. The highest BCUT2D eigenvalue weighted by Gasteiger charge is 2.15. The molecular weight excluding hydrogens is 112 g/mol. The molecule has 0 aliphatic rings. The van der Waals surface area contributed by atoms with Crippen molar-refractivity contribution < 1.29 is 4.79 Å². The van der Waals surface area contributed by atoms with Crippen LogP contribution in [-0.4, -0.2) is 6.29 Å². The molecule has 0 heterocycles. The molecule has 52 valence electrons. The van der Waals surface area contributed by atoms with Gasteiger partial charge >= 0.3 is 0 Å². The van der Waals surface area contributed by atoms with Crippen molar-refractivity contribution in [1.29, 1.82) is 0 Å². The fourth-order valence-corrected chi connectivity index (χ4v) is 0.819. The van der Waals surface area contributed by atoms with Crippen LogP contribution in [0.3, 0.4) is 0 Å². The average molecular weight is 126 g/mol. The highest BCUT2D eigenvalue weighted by Crippen LogP contribution is 2.20. The zero-order valence-electron chi connectivity index (χ0n) is 6.40. The number of carbonyl (C=O) groups excluding carboxylic acids is 1. The van der Waals surface area contributed by atoms with Gasteiger partial charge in [0.1, 0.15) is 6.29 Å². The van der Waals surface area contributed by atoms with Gasteiger partial charge in [-0.3, -0.25) is 0 Å². The summed E-state index contributed by atoms with van der Waals surface area (Å²) in [7, 11) is 0. The Labute approximate surface area is 56.8 Å². The number of hydrogen-bond donors (Lipinski definition) is 0. The van der Waals surface area contributed by atoms with Crippen molar-refractivity contribution in [3.8, 4) is 0 Å². The largest absolute Gasteiger partial charge is 0.303 e. The molecule has 0 saturated heterocycles. The van der Waals surface area contributed by atoms with Gasteiger partial charge in [-0.25, -0.2) is 0 Å². The smallest absolute Gasteiger partial charge is 0.125 e. The summed E-state index contributed by atoms with van der Waals surface area (Å²) >= 11 is 0. The fraction of sp³-hybridized carbons (Fsp3) is 0.625. The van der Waals surface area contributed by atoms with Crippen molar-refractivity contribution in [2.75, 3.05) is 0 Å². The molecule has 0 spiro atoms. The van der Waals surface area contributed by atoms with Gasteiger partial charge in [0.2, 0.25) is 0 Å². The summed E-state index contributed by atoms with van der Waals surface area (Å²) < 4.78 is 0. The van der Waals surface area contributed by atoms with Gasteiger partial charge in [-0.2, -0.15) is 0 Å². The first-order valence-electron chi connectivity index (χ1n) is 3.09. The van der Waals surface area contributed by atoms with Crippen LogP contribution in [0.25, 0.3) is 0 Å². The zero-order chi connectivity index (χ0) is 7.49. The second-order valence-electron chi connectivity index (χ2n) is 3.24. The number of rotatable bonds is 3. The third-order valence-electron chi connectivity index (χ3n) is 1.08. The molecule has 0 N–H and O–H groups in total. The predicted molar refractivity (Wildman–Crippen MR) is 39.3 cm³/mol. The molecule has 0 radical (unpaired) electrons. The molecule has 0 unspecified atom stereocenters. The van der Waals surface area contributed by atoms with E-state index >= 15 is 0 Å². The number of aldehydes is 1. The van der Waals surface area contributed by atoms with Gasteiger partial charge in [-0.15, -0.1) is 6.58 Å². The highest BCUT2D eigenvalue weighted by molar-refractivity contribution is 5.58. The summed E-state index contributed by atoms with van der Waals surface area (Å²) in [4.78, 5) is 10.3. The first-order chi connectivity index (χ1) is 3.98. The molecule has 9 heavy (non-hydrogen) atoms. The molecule has 0 amide bonds. The van der Waals surface area contributed by atoms with Crippen LogP contribution in [0.1, 0.15) is 27.2 Å². The van der Waals surface area contributed by atoms with E-state index in [1.54, 1.807) is 0 Å². The van der Waals surface area contributed by atoms with Crippen LogP contribution in [-0.2, 0) is 4.79 Å². The molecule has 0 saturated carbocycles. The summed E-state index contributed by atoms with van der Waals surface area (Å²) in [5.74, 6) is 0. The maximum absolute atomic E-state index is 10.3. The molecule has 0 aromatic heterocycles. The second-order valence-corrected chi connectivity index (χ2v) is 3.24. The third kappa shape index (κ3) is 3.95. The summed E-state index contributed by atoms with van der Waals surface area (Å²) in [6.07, 6.45) is 1.76. The molecule has 0 aliphatic carbocycles. The number of allylic oxidation sites excluding steroid dienone is 1. The first-order valence-corrected chi connectivity index (χ1v) is 3.09. The molecule has 1 heteroatoms. The molecule has 0 fully saturated rings. The van der Waals surface area contributed by atoms with Crippen LogP contribution in [0, 0.1) is 5.41 Å². The normalized spacial score (nSPS) is 11.0. The molecule has 1 nitrogen and oxygen atoms in total. The lowest BCUT2D eigenvalue weighted by Gasteiger charge is -2.15. The van der Waals surface area contributed by atoms with E-state index in [0.717, 1.165) is 18.3 Å². The van der Waals surface area contributed by atoms with Crippen LogP contribution in [0.5, 0.6) is 0 Å². The van der Waals surface area contributed by atoms with Gasteiger partial charge in [-0.05, 0) is 13.3 Å². The highest BCUT2D eigenvalue weighted by atomic mass is 16.1. The van der Waals surface area contributed by atoms with E-state index < -0.39 is 0 Å². The molecule has 0 aromatic rings. The molecular formula is C8H14O. The van der Waals surface area contributed by atoms with Gasteiger partial charge in [0.25, 0.3) is 0 Å². The van der Waals surface area contributed by atoms with Crippen LogP contribution < -0.4 is 0 Å². The van der Waals surface area contributed by atoms with Crippen LogP contribution in [0.2, 0.25) is 0 Å². The Balaban J connectivity index is 3.86. The fourth-order valence-electron chi connectivity index (χ4n) is 0.819. The second kappa shape index (κ2) is 2.81. The van der Waals surface area contributed by atoms with E-state index in [4.69, 9.17) is 0 Å². The maximum Gasteiger partial charge on any atom is 0.125 e. The average Bonchev–Trinajstić information content (AvgIpc) is 1.63. The SMILES string of the molecule is C=C(C)CC(C)(C)C=O. The van der Waals surface area contributed by atoms with Crippen molar-refractivity contribution in [2.24, 2.45) is 5.41 Å².